The SMILES string of the molecule is CC(C)CCC[C@@H](C)[C@H]1CC[C@H]2[C@@H]3CCC4C[C@@H](CCCC(c5cc(Cl)c(OCc6ccc(C(=O)O)cc6)c(C(=O)O)c5)c5cc(Cl)c(OCc6ccc(C(=O)O)cc6)c(C(=O)O)c5)CC[C@]4(C)[C@H]3CC[C@]12C. The van der Waals surface area contributed by atoms with Crippen molar-refractivity contribution in [2.75, 3.05) is 0 Å². The lowest BCUT2D eigenvalue weighted by Gasteiger charge is -2.61. The maximum absolute atomic E-state index is 13.0. The number of ether oxygens (including phenoxy) is 2. The predicted molar refractivity (Wildman–Crippen MR) is 285 cm³/mol. The van der Waals surface area contributed by atoms with Crippen molar-refractivity contribution in [1.29, 1.82) is 0 Å². The van der Waals surface area contributed by atoms with Gasteiger partial charge in [0.15, 0.2) is 11.5 Å². The van der Waals surface area contributed by atoms with Gasteiger partial charge in [-0.25, -0.2) is 19.2 Å². The van der Waals surface area contributed by atoms with E-state index in [0.29, 0.717) is 51.3 Å². The van der Waals surface area contributed by atoms with Gasteiger partial charge in [-0.05, 0) is 193 Å². The standard InChI is InChI=1S/C61H74Cl2O10/c1-35(2)8-6-9-36(3)49-22-23-50-46-21-20-44-28-37(24-26-60(44,4)51(46)25-27-61(49,50)5)10-7-11-45(42-29-47(58(68)69)54(52(62)31-42)72-33-38-12-16-40(17-13-38)56(64)65)43-30-48(59(70)71)55(53(63)32-43)73-34-39-14-18-41(19-15-39)57(66)67/h12-19,29-32,35-37,44-46,49-51H,6-11,20-28,33-34H2,1-5H3,(H,64,65)(H,66,67)(H,68,69)(H,70,71)/t36-,37+,44?,46+,49-,50+,51+,60+,61-/m1/s1. The molecule has 392 valence electrons. The summed E-state index contributed by atoms with van der Waals surface area (Å²) in [5.41, 5.74) is 3.09. The maximum atomic E-state index is 13.0. The number of carbonyl (C=O) groups is 4. The van der Waals surface area contributed by atoms with E-state index in [0.717, 1.165) is 48.3 Å². The van der Waals surface area contributed by atoms with Gasteiger partial charge in [-0.15, -0.1) is 0 Å². The topological polar surface area (TPSA) is 168 Å². The van der Waals surface area contributed by atoms with Crippen LogP contribution in [0.3, 0.4) is 0 Å². The molecule has 4 aliphatic carbocycles. The Morgan fingerprint density at radius 3 is 1.63 bits per heavy atom. The fraction of sp³-hybridized carbons (Fsp3) is 0.541. The van der Waals surface area contributed by atoms with Crippen LogP contribution in [0.25, 0.3) is 0 Å². The molecule has 4 aromatic rings. The molecule has 10 nitrogen and oxygen atoms in total. The molecule has 0 radical (unpaired) electrons. The molecule has 0 heterocycles. The summed E-state index contributed by atoms with van der Waals surface area (Å²) in [5.74, 6) is 0.899. The molecule has 4 N–H and O–H groups in total. The summed E-state index contributed by atoms with van der Waals surface area (Å²) in [4.78, 5) is 48.8. The molecule has 0 saturated heterocycles. The third-order valence-electron chi connectivity index (χ3n) is 18.6. The Morgan fingerprint density at radius 2 is 1.12 bits per heavy atom. The first kappa shape index (κ1) is 54.2. The summed E-state index contributed by atoms with van der Waals surface area (Å²) in [6.45, 7) is 12.4. The highest BCUT2D eigenvalue weighted by atomic mass is 35.5. The molecule has 4 saturated carbocycles. The summed E-state index contributed by atoms with van der Waals surface area (Å²) in [7, 11) is 0. The minimum atomic E-state index is -1.26. The molecule has 0 spiro atoms. The van der Waals surface area contributed by atoms with Gasteiger partial charge in [0.2, 0.25) is 0 Å². The summed E-state index contributed by atoms with van der Waals surface area (Å²) in [6, 6.07) is 18.6. The highest BCUT2D eigenvalue weighted by Crippen LogP contribution is 2.69. The normalized spacial score (nSPS) is 25.9. The second-order valence-electron chi connectivity index (χ2n) is 23.3. The summed E-state index contributed by atoms with van der Waals surface area (Å²) in [6.07, 6.45) is 18.2. The average Bonchev–Trinajstić information content (AvgIpc) is 3.71. The number of hydrogen-bond donors (Lipinski definition) is 4. The van der Waals surface area contributed by atoms with Gasteiger partial charge in [-0.1, -0.05) is 114 Å². The van der Waals surface area contributed by atoms with Crippen LogP contribution < -0.4 is 9.47 Å². The molecule has 4 aliphatic rings. The van der Waals surface area contributed by atoms with Crippen molar-refractivity contribution < 1.29 is 49.1 Å². The van der Waals surface area contributed by atoms with Gasteiger partial charge in [-0.3, -0.25) is 0 Å². The number of carboxylic acid groups (broad SMARTS) is 4. The zero-order valence-electron chi connectivity index (χ0n) is 43.1. The van der Waals surface area contributed by atoms with Crippen LogP contribution in [0.4, 0.5) is 0 Å². The van der Waals surface area contributed by atoms with Crippen molar-refractivity contribution in [3.63, 3.8) is 0 Å². The Labute approximate surface area is 441 Å². The lowest BCUT2D eigenvalue weighted by molar-refractivity contribution is -0.121. The van der Waals surface area contributed by atoms with Crippen molar-refractivity contribution in [2.45, 2.75) is 150 Å². The molecule has 1 unspecified atom stereocenters. The molecular weight excluding hydrogens is 964 g/mol. The van der Waals surface area contributed by atoms with Crippen LogP contribution >= 0.6 is 23.2 Å². The van der Waals surface area contributed by atoms with Crippen LogP contribution in [0.2, 0.25) is 10.0 Å². The molecule has 0 bridgehead atoms. The lowest BCUT2D eigenvalue weighted by atomic mass is 9.44. The third kappa shape index (κ3) is 11.8. The number of fused-ring (bicyclic) bond motifs is 5. The number of rotatable bonds is 21. The van der Waals surface area contributed by atoms with Crippen LogP contribution in [0.5, 0.6) is 11.5 Å². The largest absolute Gasteiger partial charge is 0.486 e. The zero-order chi connectivity index (χ0) is 52.4. The minimum Gasteiger partial charge on any atom is -0.486 e. The Bertz CT molecular complexity index is 2520. The van der Waals surface area contributed by atoms with Gasteiger partial charge in [0.1, 0.15) is 24.3 Å². The smallest absolute Gasteiger partial charge is 0.339 e. The predicted octanol–water partition coefficient (Wildman–Crippen LogP) is 16.0. The second kappa shape index (κ2) is 22.8. The van der Waals surface area contributed by atoms with Crippen molar-refractivity contribution in [3.05, 3.63) is 127 Å². The molecule has 0 amide bonds. The van der Waals surface area contributed by atoms with Crippen LogP contribution in [0.15, 0.2) is 72.8 Å². The first-order valence-electron chi connectivity index (χ1n) is 26.8. The third-order valence-corrected chi connectivity index (χ3v) is 19.2. The van der Waals surface area contributed by atoms with Crippen LogP contribution in [0.1, 0.15) is 201 Å². The van der Waals surface area contributed by atoms with Gasteiger partial charge in [0.05, 0.1) is 21.2 Å². The van der Waals surface area contributed by atoms with E-state index in [1.165, 1.54) is 101 Å². The summed E-state index contributed by atoms with van der Waals surface area (Å²) in [5, 5.41) is 40.0. The van der Waals surface area contributed by atoms with Crippen molar-refractivity contribution in [1.82, 2.24) is 0 Å². The molecule has 4 aromatic carbocycles. The maximum Gasteiger partial charge on any atom is 0.339 e. The number of halogens is 2. The van der Waals surface area contributed by atoms with Gasteiger partial charge in [0, 0.05) is 5.92 Å². The van der Waals surface area contributed by atoms with Gasteiger partial charge in [0.25, 0.3) is 0 Å². The van der Waals surface area contributed by atoms with Gasteiger partial charge in [-0.2, -0.15) is 0 Å². The van der Waals surface area contributed by atoms with E-state index in [9.17, 15) is 39.6 Å². The first-order valence-corrected chi connectivity index (χ1v) is 27.6. The Morgan fingerprint density at radius 1 is 0.603 bits per heavy atom. The molecule has 12 heteroatoms. The van der Waals surface area contributed by atoms with Crippen LogP contribution in [-0.4, -0.2) is 44.3 Å². The van der Waals surface area contributed by atoms with E-state index in [1.54, 1.807) is 48.5 Å². The highest BCUT2D eigenvalue weighted by molar-refractivity contribution is 6.33. The molecule has 73 heavy (non-hydrogen) atoms. The number of hydrogen-bond acceptors (Lipinski definition) is 6. The number of carboxylic acids is 4. The van der Waals surface area contributed by atoms with E-state index in [-0.39, 0.29) is 57.0 Å². The summed E-state index contributed by atoms with van der Waals surface area (Å²) < 4.78 is 12.0. The number of aromatic carboxylic acids is 4. The van der Waals surface area contributed by atoms with E-state index >= 15 is 0 Å². The minimum absolute atomic E-state index is 0.0367. The van der Waals surface area contributed by atoms with Crippen LogP contribution in [-0.2, 0) is 13.2 Å². The van der Waals surface area contributed by atoms with E-state index in [4.69, 9.17) is 32.7 Å². The van der Waals surface area contributed by atoms with Crippen molar-refractivity contribution >= 4 is 47.1 Å². The monoisotopic (exact) mass is 1040 g/mol. The van der Waals surface area contributed by atoms with Crippen LogP contribution in [0, 0.1) is 58.2 Å². The van der Waals surface area contributed by atoms with Crippen molar-refractivity contribution in [3.8, 4) is 11.5 Å². The fourth-order valence-corrected chi connectivity index (χ4v) is 15.4. The van der Waals surface area contributed by atoms with E-state index in [1.807, 2.05) is 0 Å². The van der Waals surface area contributed by atoms with Crippen molar-refractivity contribution in [2.24, 2.45) is 58.2 Å². The van der Waals surface area contributed by atoms with E-state index in [2.05, 4.69) is 34.6 Å². The Hall–Kier alpha value is -5.06. The number of benzene rings is 4. The zero-order valence-corrected chi connectivity index (χ0v) is 44.7. The molecule has 0 aliphatic heterocycles. The van der Waals surface area contributed by atoms with Gasteiger partial charge < -0.3 is 29.9 Å². The van der Waals surface area contributed by atoms with Gasteiger partial charge >= 0.3 is 23.9 Å². The average molecular weight is 1040 g/mol. The van der Waals surface area contributed by atoms with E-state index < -0.39 is 29.8 Å². The quantitative estimate of drug-likeness (QED) is 0.0630. The highest BCUT2D eigenvalue weighted by Gasteiger charge is 2.60. The molecule has 4 fully saturated rings. The Balaban J connectivity index is 1.00. The summed E-state index contributed by atoms with van der Waals surface area (Å²) >= 11 is 13.9. The molecule has 0 aromatic heterocycles. The fourth-order valence-electron chi connectivity index (χ4n) is 14.8. The molecule has 8 rings (SSSR count). The molecular formula is C61H74Cl2O10. The second-order valence-corrected chi connectivity index (χ2v) is 24.1. The molecule has 9 atom stereocenters. The first-order chi connectivity index (χ1) is 34.8. The Kier molecular flexibility index (Phi) is 16.9. The lowest BCUT2D eigenvalue weighted by Crippen LogP contribution is -2.53.